The van der Waals surface area contributed by atoms with Crippen LogP contribution in [-0.4, -0.2) is 23.6 Å². The fourth-order valence-electron chi connectivity index (χ4n) is 1.92. The summed E-state index contributed by atoms with van der Waals surface area (Å²) < 4.78 is 5.78. The average molecular weight is 311 g/mol. The molecule has 1 heterocycles. The quantitative estimate of drug-likeness (QED) is 0.852. The number of hydrogen-bond donors (Lipinski definition) is 2. The van der Waals surface area contributed by atoms with Crippen LogP contribution in [0.25, 0.3) is 10.9 Å². The van der Waals surface area contributed by atoms with Crippen molar-refractivity contribution in [3.05, 3.63) is 34.4 Å². The minimum Gasteiger partial charge on any atom is -0.465 e. The number of nitrogens with one attached hydrogen (secondary N) is 1. The molecule has 3 N–H and O–H groups in total. The number of aromatic nitrogens is 1. The third-order valence-corrected chi connectivity index (χ3v) is 3.45. The summed E-state index contributed by atoms with van der Waals surface area (Å²) in [6, 6.07) is 7.27. The lowest BCUT2D eigenvalue weighted by Gasteiger charge is -2.10. The summed E-state index contributed by atoms with van der Waals surface area (Å²) in [6.45, 7) is 2.12. The molecule has 1 atom stereocenters. The highest BCUT2D eigenvalue weighted by atomic mass is 79.9. The van der Waals surface area contributed by atoms with Crippen molar-refractivity contribution in [3.8, 4) is 0 Å². The first-order valence-corrected chi connectivity index (χ1v) is 6.60. The van der Waals surface area contributed by atoms with Crippen LogP contribution in [0.4, 0.5) is 0 Å². The zero-order valence-corrected chi connectivity index (χ0v) is 11.7. The summed E-state index contributed by atoms with van der Waals surface area (Å²) in [6.07, 6.45) is 0.448. The first-order valence-electron chi connectivity index (χ1n) is 5.80. The number of carbonyl (C=O) groups excluding carboxylic acids is 1. The third-order valence-electron chi connectivity index (χ3n) is 2.77. The van der Waals surface area contributed by atoms with Gasteiger partial charge in [0.1, 0.15) is 6.04 Å². The van der Waals surface area contributed by atoms with Crippen LogP contribution in [-0.2, 0) is 16.0 Å². The Balaban J connectivity index is 2.26. The summed E-state index contributed by atoms with van der Waals surface area (Å²) >= 11 is 3.46. The van der Waals surface area contributed by atoms with E-state index in [9.17, 15) is 4.79 Å². The van der Waals surface area contributed by atoms with Gasteiger partial charge in [-0.3, -0.25) is 4.79 Å². The second kappa shape index (κ2) is 5.54. The molecule has 2 rings (SSSR count). The van der Waals surface area contributed by atoms with E-state index in [2.05, 4.69) is 20.9 Å². The number of esters is 1. The van der Waals surface area contributed by atoms with Crippen molar-refractivity contribution in [2.24, 2.45) is 5.73 Å². The molecule has 1 aromatic carbocycles. The third kappa shape index (κ3) is 2.57. The normalized spacial score (nSPS) is 12.6. The maximum absolute atomic E-state index is 11.5. The van der Waals surface area contributed by atoms with E-state index in [1.165, 1.54) is 0 Å². The van der Waals surface area contributed by atoms with E-state index in [1.807, 2.05) is 24.3 Å². The molecule has 2 aromatic rings. The van der Waals surface area contributed by atoms with Gasteiger partial charge in [0.2, 0.25) is 0 Å². The Labute approximate surface area is 114 Å². The van der Waals surface area contributed by atoms with Crippen LogP contribution < -0.4 is 5.73 Å². The van der Waals surface area contributed by atoms with E-state index in [-0.39, 0.29) is 5.97 Å². The standard InChI is InChI=1S/C13H15BrN2O2/c1-2-18-13(17)10(15)7-9-8-5-3-4-6-11(8)16-12(9)14/h3-6,10,16H,2,7,15H2,1H3/t10-/m0/s1. The second-order valence-corrected chi connectivity index (χ2v) is 4.82. The van der Waals surface area contributed by atoms with Crippen LogP contribution in [0.15, 0.2) is 28.9 Å². The number of hydrogen-bond acceptors (Lipinski definition) is 3. The number of H-pyrrole nitrogens is 1. The Morgan fingerprint density at radius 3 is 2.94 bits per heavy atom. The molecule has 18 heavy (non-hydrogen) atoms. The molecular weight excluding hydrogens is 296 g/mol. The van der Waals surface area contributed by atoms with Gasteiger partial charge in [-0.25, -0.2) is 0 Å². The first-order chi connectivity index (χ1) is 8.63. The molecule has 5 heteroatoms. The molecular formula is C13H15BrN2O2. The summed E-state index contributed by atoms with van der Waals surface area (Å²) in [4.78, 5) is 14.8. The summed E-state index contributed by atoms with van der Waals surface area (Å²) in [5.74, 6) is -0.366. The second-order valence-electron chi connectivity index (χ2n) is 4.03. The number of fused-ring (bicyclic) bond motifs is 1. The van der Waals surface area contributed by atoms with Gasteiger partial charge < -0.3 is 15.5 Å². The Hall–Kier alpha value is -1.33. The van der Waals surface area contributed by atoms with Gasteiger partial charge in [0.15, 0.2) is 0 Å². The van der Waals surface area contributed by atoms with Crippen molar-refractivity contribution in [2.75, 3.05) is 6.61 Å². The summed E-state index contributed by atoms with van der Waals surface area (Å²) in [5.41, 5.74) is 7.87. The van der Waals surface area contributed by atoms with E-state index in [1.54, 1.807) is 6.92 Å². The Bertz CT molecular complexity index is 565. The molecule has 0 radical (unpaired) electrons. The molecule has 0 amide bonds. The molecule has 0 unspecified atom stereocenters. The van der Waals surface area contributed by atoms with E-state index in [0.717, 1.165) is 21.1 Å². The van der Waals surface area contributed by atoms with Gasteiger partial charge in [-0.1, -0.05) is 18.2 Å². The molecule has 0 saturated heterocycles. The van der Waals surface area contributed by atoms with Crippen molar-refractivity contribution >= 4 is 32.8 Å². The van der Waals surface area contributed by atoms with Gasteiger partial charge in [0, 0.05) is 17.3 Å². The maximum Gasteiger partial charge on any atom is 0.323 e. The minimum absolute atomic E-state index is 0.349. The highest BCUT2D eigenvalue weighted by Gasteiger charge is 2.19. The molecule has 0 saturated carbocycles. The smallest absolute Gasteiger partial charge is 0.323 e. The lowest BCUT2D eigenvalue weighted by atomic mass is 10.1. The number of benzene rings is 1. The minimum atomic E-state index is -0.638. The number of aromatic amines is 1. The van der Waals surface area contributed by atoms with Gasteiger partial charge >= 0.3 is 5.97 Å². The van der Waals surface area contributed by atoms with Crippen LogP contribution in [0.1, 0.15) is 12.5 Å². The molecule has 0 spiro atoms. The van der Waals surface area contributed by atoms with Crippen molar-refractivity contribution in [2.45, 2.75) is 19.4 Å². The summed E-state index contributed by atoms with van der Waals surface area (Å²) in [7, 11) is 0. The molecule has 0 aliphatic heterocycles. The monoisotopic (exact) mass is 310 g/mol. The van der Waals surface area contributed by atoms with Crippen LogP contribution in [0, 0.1) is 0 Å². The SMILES string of the molecule is CCOC(=O)[C@@H](N)Cc1c(Br)[nH]c2ccccc12. The summed E-state index contributed by atoms with van der Waals surface area (Å²) in [5, 5.41) is 1.07. The van der Waals surface area contributed by atoms with Crippen LogP contribution in [0.5, 0.6) is 0 Å². The lowest BCUT2D eigenvalue weighted by molar-refractivity contribution is -0.144. The van der Waals surface area contributed by atoms with Crippen molar-refractivity contribution < 1.29 is 9.53 Å². The van der Waals surface area contributed by atoms with Crippen molar-refractivity contribution in [3.63, 3.8) is 0 Å². The largest absolute Gasteiger partial charge is 0.465 e. The van der Waals surface area contributed by atoms with E-state index >= 15 is 0 Å². The average Bonchev–Trinajstić information content (AvgIpc) is 2.66. The molecule has 0 bridgehead atoms. The van der Waals surface area contributed by atoms with Gasteiger partial charge in [-0.2, -0.15) is 0 Å². The highest BCUT2D eigenvalue weighted by Crippen LogP contribution is 2.27. The van der Waals surface area contributed by atoms with Gasteiger partial charge in [0.05, 0.1) is 11.2 Å². The molecule has 4 nitrogen and oxygen atoms in total. The number of nitrogens with two attached hydrogens (primary N) is 1. The zero-order valence-electron chi connectivity index (χ0n) is 10.1. The topological polar surface area (TPSA) is 68.1 Å². The predicted molar refractivity (Wildman–Crippen MR) is 74.3 cm³/mol. The Morgan fingerprint density at radius 1 is 1.50 bits per heavy atom. The van der Waals surface area contributed by atoms with Crippen LogP contribution in [0.2, 0.25) is 0 Å². The van der Waals surface area contributed by atoms with Crippen molar-refractivity contribution in [1.29, 1.82) is 0 Å². The fraction of sp³-hybridized carbons (Fsp3) is 0.308. The number of carbonyl (C=O) groups is 1. The van der Waals surface area contributed by atoms with E-state index < -0.39 is 6.04 Å². The maximum atomic E-state index is 11.5. The zero-order chi connectivity index (χ0) is 13.1. The molecule has 0 aliphatic rings. The van der Waals surface area contributed by atoms with Crippen molar-refractivity contribution in [1.82, 2.24) is 4.98 Å². The molecule has 96 valence electrons. The molecule has 0 fully saturated rings. The molecule has 1 aromatic heterocycles. The van der Waals surface area contributed by atoms with Gasteiger partial charge in [-0.05, 0) is 34.5 Å². The van der Waals surface area contributed by atoms with Crippen LogP contribution >= 0.6 is 15.9 Å². The van der Waals surface area contributed by atoms with Gasteiger partial charge in [-0.15, -0.1) is 0 Å². The predicted octanol–water partition coefficient (Wildman–Crippen LogP) is 2.36. The van der Waals surface area contributed by atoms with Crippen LogP contribution in [0.3, 0.4) is 0 Å². The number of halogens is 1. The number of para-hydroxylation sites is 1. The molecule has 0 aliphatic carbocycles. The van der Waals surface area contributed by atoms with Gasteiger partial charge in [0.25, 0.3) is 0 Å². The van der Waals surface area contributed by atoms with E-state index in [0.29, 0.717) is 13.0 Å². The fourth-order valence-corrected chi connectivity index (χ4v) is 2.51. The number of ether oxygens (including phenoxy) is 1. The first kappa shape index (κ1) is 13.1. The number of rotatable bonds is 4. The Morgan fingerprint density at radius 2 is 2.22 bits per heavy atom. The lowest BCUT2D eigenvalue weighted by Crippen LogP contribution is -2.34. The highest BCUT2D eigenvalue weighted by molar-refractivity contribution is 9.10. The Kier molecular flexibility index (Phi) is 4.04. The van der Waals surface area contributed by atoms with E-state index in [4.69, 9.17) is 10.5 Å².